The van der Waals surface area contributed by atoms with Crippen molar-refractivity contribution < 1.29 is 9.90 Å². The number of amides is 1. The van der Waals surface area contributed by atoms with Crippen molar-refractivity contribution in [3.63, 3.8) is 0 Å². The number of aliphatic hydroxyl groups excluding tert-OH is 1. The van der Waals surface area contributed by atoms with Gasteiger partial charge in [-0.3, -0.25) is 14.4 Å². The topological polar surface area (TPSA) is 70.4 Å². The second kappa shape index (κ2) is 8.69. The van der Waals surface area contributed by atoms with E-state index in [9.17, 15) is 9.90 Å². The lowest BCUT2D eigenvalue weighted by molar-refractivity contribution is -0.130. The summed E-state index contributed by atoms with van der Waals surface area (Å²) in [5.74, 6) is -0.0112. The number of rotatable bonds is 6. The average Bonchev–Trinajstić information content (AvgIpc) is 3.41. The number of carbonyl (C=O) groups is 1. The SMILES string of the molecule is O=C(N[C@@]1(c2ccccc2)CCN(CCn2cc(Cl)cn2)C[C@H]1O)C1CC=CC1. The normalized spacial score (nSPS) is 25.4. The van der Waals surface area contributed by atoms with Crippen molar-refractivity contribution in [1.29, 1.82) is 0 Å². The predicted molar refractivity (Wildman–Crippen MR) is 112 cm³/mol. The van der Waals surface area contributed by atoms with Crippen LogP contribution in [0.15, 0.2) is 54.9 Å². The molecule has 0 spiro atoms. The number of β-amino-alcohol motifs (C(OH)–C–C–N with tert-alkyl or cyclic N) is 1. The van der Waals surface area contributed by atoms with Gasteiger partial charge in [0.2, 0.25) is 5.91 Å². The molecule has 2 heterocycles. The molecule has 29 heavy (non-hydrogen) atoms. The van der Waals surface area contributed by atoms with Gasteiger partial charge in [0.15, 0.2) is 0 Å². The maximum absolute atomic E-state index is 12.9. The molecule has 154 valence electrons. The van der Waals surface area contributed by atoms with Crippen molar-refractivity contribution in [1.82, 2.24) is 20.0 Å². The van der Waals surface area contributed by atoms with E-state index in [-0.39, 0.29) is 11.8 Å². The molecule has 2 aliphatic rings. The molecule has 2 N–H and O–H groups in total. The number of benzene rings is 1. The number of aromatic nitrogens is 2. The summed E-state index contributed by atoms with van der Waals surface area (Å²) in [7, 11) is 0. The van der Waals surface area contributed by atoms with Crippen LogP contribution in [0.1, 0.15) is 24.8 Å². The van der Waals surface area contributed by atoms with Crippen molar-refractivity contribution in [3.8, 4) is 0 Å². The Kier molecular flexibility index (Phi) is 6.04. The van der Waals surface area contributed by atoms with E-state index in [0.717, 1.165) is 31.5 Å². The number of nitrogens with one attached hydrogen (secondary N) is 1. The largest absolute Gasteiger partial charge is 0.389 e. The third-order valence-corrected chi connectivity index (χ3v) is 6.28. The van der Waals surface area contributed by atoms with Gasteiger partial charge in [-0.2, -0.15) is 5.10 Å². The summed E-state index contributed by atoms with van der Waals surface area (Å²) in [5, 5.41) is 19.3. The number of likely N-dealkylation sites (tertiary alicyclic amines) is 1. The molecule has 0 bridgehead atoms. The summed E-state index contributed by atoms with van der Waals surface area (Å²) < 4.78 is 1.81. The smallest absolute Gasteiger partial charge is 0.224 e. The predicted octanol–water partition coefficient (Wildman–Crippen LogP) is 2.58. The molecule has 1 aliphatic heterocycles. The highest BCUT2D eigenvalue weighted by molar-refractivity contribution is 6.30. The lowest BCUT2D eigenvalue weighted by Gasteiger charge is -2.46. The monoisotopic (exact) mass is 414 g/mol. The minimum Gasteiger partial charge on any atom is -0.389 e. The summed E-state index contributed by atoms with van der Waals surface area (Å²) in [6, 6.07) is 9.87. The fourth-order valence-electron chi connectivity index (χ4n) is 4.34. The molecule has 1 amide bonds. The number of nitrogens with zero attached hydrogens (tertiary/aromatic N) is 3. The van der Waals surface area contributed by atoms with Crippen LogP contribution in [0.3, 0.4) is 0 Å². The highest BCUT2D eigenvalue weighted by Gasteiger charge is 2.45. The van der Waals surface area contributed by atoms with Gasteiger partial charge >= 0.3 is 0 Å². The molecule has 6 nitrogen and oxygen atoms in total. The molecule has 1 fully saturated rings. The van der Waals surface area contributed by atoms with E-state index in [1.807, 2.05) is 35.0 Å². The zero-order chi connectivity index (χ0) is 20.3. The molecule has 0 saturated carbocycles. The van der Waals surface area contributed by atoms with Crippen LogP contribution in [0.5, 0.6) is 0 Å². The summed E-state index contributed by atoms with van der Waals surface area (Å²) in [6.45, 7) is 2.75. The van der Waals surface area contributed by atoms with Crippen LogP contribution in [-0.2, 0) is 16.9 Å². The van der Waals surface area contributed by atoms with Gasteiger partial charge in [-0.15, -0.1) is 0 Å². The Morgan fingerprint density at radius 1 is 1.24 bits per heavy atom. The highest BCUT2D eigenvalue weighted by Crippen LogP contribution is 2.34. The molecule has 2 atom stereocenters. The van der Waals surface area contributed by atoms with Gasteiger partial charge in [0.05, 0.1) is 29.4 Å². The number of aliphatic hydroxyl groups is 1. The maximum Gasteiger partial charge on any atom is 0.224 e. The number of halogens is 1. The Morgan fingerprint density at radius 3 is 2.66 bits per heavy atom. The zero-order valence-electron chi connectivity index (χ0n) is 16.4. The first kappa shape index (κ1) is 20.1. The minimum absolute atomic E-state index is 0.0255. The molecule has 1 aromatic heterocycles. The number of piperidine rings is 1. The van der Waals surface area contributed by atoms with Gasteiger partial charge in [-0.1, -0.05) is 54.1 Å². The van der Waals surface area contributed by atoms with Crippen molar-refractivity contribution in [2.45, 2.75) is 37.5 Å². The van der Waals surface area contributed by atoms with Gasteiger partial charge in [0.1, 0.15) is 0 Å². The molecular formula is C22H27ClN4O2. The molecule has 0 radical (unpaired) electrons. The van der Waals surface area contributed by atoms with Crippen LogP contribution in [0.25, 0.3) is 0 Å². The van der Waals surface area contributed by atoms with Crippen LogP contribution < -0.4 is 5.32 Å². The first-order valence-electron chi connectivity index (χ1n) is 10.2. The van der Waals surface area contributed by atoms with Crippen LogP contribution >= 0.6 is 11.6 Å². The van der Waals surface area contributed by atoms with Crippen LogP contribution in [-0.4, -0.2) is 51.4 Å². The molecule has 4 rings (SSSR count). The quantitative estimate of drug-likeness (QED) is 0.713. The lowest BCUT2D eigenvalue weighted by atomic mass is 9.78. The zero-order valence-corrected chi connectivity index (χ0v) is 17.1. The standard InChI is InChI=1S/C22H27ClN4O2/c23-19-14-24-27(15-19)13-12-26-11-10-22(20(28)16-26,18-8-2-1-3-9-18)25-21(29)17-6-4-5-7-17/h1-5,8-9,14-15,17,20,28H,6-7,10-13,16H2,(H,25,29)/t20-,22-/m1/s1. The summed E-state index contributed by atoms with van der Waals surface area (Å²) in [6.07, 6.45) is 9.03. The molecule has 1 saturated heterocycles. The van der Waals surface area contributed by atoms with Gasteiger partial charge in [-0.25, -0.2) is 0 Å². The maximum atomic E-state index is 12.9. The molecule has 2 aromatic rings. The summed E-state index contributed by atoms with van der Waals surface area (Å²) in [4.78, 5) is 15.1. The third kappa shape index (κ3) is 4.39. The highest BCUT2D eigenvalue weighted by atomic mass is 35.5. The van der Waals surface area contributed by atoms with E-state index < -0.39 is 11.6 Å². The van der Waals surface area contributed by atoms with Gasteiger partial charge < -0.3 is 10.4 Å². The molecular weight excluding hydrogens is 388 g/mol. The lowest BCUT2D eigenvalue weighted by Crippen LogP contribution is -2.62. The summed E-state index contributed by atoms with van der Waals surface area (Å²) in [5.41, 5.74) is 0.206. The second-order valence-electron chi connectivity index (χ2n) is 7.95. The Morgan fingerprint density at radius 2 is 2.00 bits per heavy atom. The average molecular weight is 415 g/mol. The Labute approximate surface area is 176 Å². The molecule has 0 unspecified atom stereocenters. The number of hydrogen-bond acceptors (Lipinski definition) is 4. The molecule has 1 aromatic carbocycles. The van der Waals surface area contributed by atoms with Crippen molar-refractivity contribution in [2.75, 3.05) is 19.6 Å². The third-order valence-electron chi connectivity index (χ3n) is 6.08. The van der Waals surface area contributed by atoms with E-state index in [1.54, 1.807) is 12.4 Å². The van der Waals surface area contributed by atoms with Crippen LogP contribution in [0, 0.1) is 5.92 Å². The van der Waals surface area contributed by atoms with E-state index in [2.05, 4.69) is 27.5 Å². The number of allylic oxidation sites excluding steroid dienone is 2. The van der Waals surface area contributed by atoms with E-state index in [1.165, 1.54) is 0 Å². The van der Waals surface area contributed by atoms with E-state index >= 15 is 0 Å². The van der Waals surface area contributed by atoms with Gasteiger partial charge in [-0.05, 0) is 24.8 Å². The Bertz CT molecular complexity index is 861. The number of hydrogen-bond donors (Lipinski definition) is 2. The summed E-state index contributed by atoms with van der Waals surface area (Å²) >= 11 is 5.93. The van der Waals surface area contributed by atoms with Crippen LogP contribution in [0.2, 0.25) is 5.02 Å². The fraction of sp³-hybridized carbons (Fsp3) is 0.455. The molecule has 1 aliphatic carbocycles. The van der Waals surface area contributed by atoms with Gasteiger partial charge in [0.25, 0.3) is 0 Å². The minimum atomic E-state index is -0.757. The van der Waals surface area contributed by atoms with E-state index in [0.29, 0.717) is 24.5 Å². The first-order valence-corrected chi connectivity index (χ1v) is 10.6. The van der Waals surface area contributed by atoms with Gasteiger partial charge in [0, 0.05) is 31.7 Å². The van der Waals surface area contributed by atoms with Crippen LogP contribution in [0.4, 0.5) is 0 Å². The Balaban J connectivity index is 1.47. The fourth-order valence-corrected chi connectivity index (χ4v) is 4.50. The van der Waals surface area contributed by atoms with Crippen molar-refractivity contribution >= 4 is 17.5 Å². The Hall–Kier alpha value is -2.15. The van der Waals surface area contributed by atoms with Crippen molar-refractivity contribution in [2.24, 2.45) is 5.92 Å². The molecule has 7 heteroatoms. The number of carbonyl (C=O) groups excluding carboxylic acids is 1. The first-order chi connectivity index (χ1) is 14.1. The van der Waals surface area contributed by atoms with Crippen molar-refractivity contribution in [3.05, 3.63) is 65.5 Å². The van der Waals surface area contributed by atoms with E-state index in [4.69, 9.17) is 11.6 Å². The second-order valence-corrected chi connectivity index (χ2v) is 8.39.